The van der Waals surface area contributed by atoms with E-state index in [4.69, 9.17) is 4.74 Å². The number of ether oxygens (including phenoxy) is 1. The number of amides is 2. The molecule has 1 N–H and O–H groups in total. The largest absolute Gasteiger partial charge is 0.444 e. The summed E-state index contributed by atoms with van der Waals surface area (Å²) in [5.74, 6) is -0.732. The number of halogens is 1. The molecule has 0 atom stereocenters. The van der Waals surface area contributed by atoms with Crippen LogP contribution in [-0.2, 0) is 9.53 Å². The van der Waals surface area contributed by atoms with Crippen molar-refractivity contribution >= 4 is 33.7 Å². The molecule has 0 aliphatic carbocycles. The minimum absolute atomic E-state index is 0.163. The molecule has 0 saturated carbocycles. The molecule has 0 unspecified atom stereocenters. The number of nitrogens with zero attached hydrogens (tertiary/aromatic N) is 2. The molecule has 0 saturated heterocycles. The topological polar surface area (TPSA) is 88.6 Å². The van der Waals surface area contributed by atoms with Crippen LogP contribution in [0.25, 0.3) is 0 Å². The Morgan fingerprint density at radius 3 is 2.48 bits per heavy atom. The van der Waals surface area contributed by atoms with Crippen molar-refractivity contribution in [1.29, 1.82) is 0 Å². The normalized spacial score (nSPS) is 10.9. The molecule has 1 aromatic rings. The van der Waals surface area contributed by atoms with Crippen molar-refractivity contribution in [1.82, 2.24) is 15.2 Å². The summed E-state index contributed by atoms with van der Waals surface area (Å²) in [6, 6.07) is 3.27. The minimum atomic E-state index is -0.636. The zero-order valence-electron chi connectivity index (χ0n) is 15.0. The summed E-state index contributed by atoms with van der Waals surface area (Å²) in [6.07, 6.45) is 1.65. The molecule has 0 aliphatic heterocycles. The molecule has 1 rings (SSSR count). The number of carbonyl (C=O) groups is 3. The van der Waals surface area contributed by atoms with E-state index in [2.05, 4.69) is 26.2 Å². The highest BCUT2D eigenvalue weighted by atomic mass is 79.9. The number of hydrogen-bond donors (Lipinski definition) is 1. The van der Waals surface area contributed by atoms with Crippen LogP contribution in [0.1, 0.15) is 44.6 Å². The Bertz CT molecular complexity index is 611. The third-order valence-corrected chi connectivity index (χ3v) is 3.41. The fraction of sp³-hybridized carbons (Fsp3) is 0.529. The monoisotopic (exact) mass is 413 g/mol. The quantitative estimate of drug-likeness (QED) is 0.694. The lowest BCUT2D eigenvalue weighted by atomic mass is 10.2. The summed E-state index contributed by atoms with van der Waals surface area (Å²) in [7, 11) is 0. The van der Waals surface area contributed by atoms with E-state index in [9.17, 15) is 14.4 Å². The van der Waals surface area contributed by atoms with Gasteiger partial charge < -0.3 is 10.1 Å². The number of pyridine rings is 1. The van der Waals surface area contributed by atoms with E-state index in [0.29, 0.717) is 13.0 Å². The van der Waals surface area contributed by atoms with Crippen LogP contribution >= 0.6 is 15.9 Å². The predicted octanol–water partition coefficient (Wildman–Crippen LogP) is 2.79. The fourth-order valence-electron chi connectivity index (χ4n) is 1.87. The first-order valence-electron chi connectivity index (χ1n) is 8.01. The van der Waals surface area contributed by atoms with E-state index in [1.807, 2.05) is 6.92 Å². The number of aromatic nitrogens is 1. The lowest BCUT2D eigenvalue weighted by molar-refractivity contribution is -0.122. The predicted molar refractivity (Wildman–Crippen MR) is 97.4 cm³/mol. The highest BCUT2D eigenvalue weighted by Crippen LogP contribution is 2.10. The molecule has 1 heterocycles. The van der Waals surface area contributed by atoms with Crippen molar-refractivity contribution in [2.24, 2.45) is 0 Å². The van der Waals surface area contributed by atoms with Crippen molar-refractivity contribution in [3.05, 3.63) is 28.5 Å². The van der Waals surface area contributed by atoms with Gasteiger partial charge in [-0.2, -0.15) is 0 Å². The number of hydrogen-bond acceptors (Lipinski definition) is 5. The lowest BCUT2D eigenvalue weighted by Crippen LogP contribution is -2.44. The first-order valence-corrected chi connectivity index (χ1v) is 8.81. The van der Waals surface area contributed by atoms with Crippen LogP contribution in [0.5, 0.6) is 0 Å². The van der Waals surface area contributed by atoms with E-state index in [1.165, 1.54) is 11.1 Å². The average Bonchev–Trinajstić information content (AvgIpc) is 2.51. The molecule has 0 bridgehead atoms. The Labute approximate surface area is 156 Å². The van der Waals surface area contributed by atoms with Crippen molar-refractivity contribution in [3.8, 4) is 0 Å². The molecule has 8 heteroatoms. The van der Waals surface area contributed by atoms with Crippen molar-refractivity contribution in [2.45, 2.75) is 39.7 Å². The summed E-state index contributed by atoms with van der Waals surface area (Å²) >= 11 is 3.24. The third kappa shape index (κ3) is 8.11. The summed E-state index contributed by atoms with van der Waals surface area (Å²) in [5.41, 5.74) is -0.371. The maximum absolute atomic E-state index is 12.1. The van der Waals surface area contributed by atoms with Crippen LogP contribution < -0.4 is 5.32 Å². The smallest absolute Gasteiger partial charge is 0.410 e. The summed E-state index contributed by atoms with van der Waals surface area (Å²) in [4.78, 5) is 41.5. The molecule has 0 fully saturated rings. The van der Waals surface area contributed by atoms with Gasteiger partial charge in [0.25, 0.3) is 0 Å². The number of rotatable bonds is 7. The van der Waals surface area contributed by atoms with Gasteiger partial charge in [-0.25, -0.2) is 4.79 Å². The van der Waals surface area contributed by atoms with Crippen molar-refractivity contribution < 1.29 is 19.1 Å². The second kappa shape index (κ2) is 9.50. The molecule has 138 valence electrons. The molecule has 0 spiro atoms. The number of ketones is 1. The van der Waals surface area contributed by atoms with Gasteiger partial charge in [-0.1, -0.05) is 6.92 Å². The van der Waals surface area contributed by atoms with Crippen molar-refractivity contribution in [2.75, 3.05) is 19.6 Å². The van der Waals surface area contributed by atoms with Crippen LogP contribution in [0, 0.1) is 0 Å². The molecule has 0 aromatic carbocycles. The fourth-order valence-corrected chi connectivity index (χ4v) is 2.11. The maximum Gasteiger partial charge on any atom is 0.410 e. The summed E-state index contributed by atoms with van der Waals surface area (Å²) < 4.78 is 6.05. The Morgan fingerprint density at radius 1 is 1.28 bits per heavy atom. The number of nitrogens with one attached hydrogen (secondary N) is 1. The molecular weight excluding hydrogens is 390 g/mol. The van der Waals surface area contributed by atoms with E-state index in [1.54, 1.807) is 32.9 Å². The second-order valence-corrected chi connectivity index (χ2v) is 7.38. The van der Waals surface area contributed by atoms with Gasteiger partial charge in [-0.15, -0.1) is 0 Å². The molecule has 1 aromatic heterocycles. The molecule has 0 radical (unpaired) electrons. The minimum Gasteiger partial charge on any atom is -0.444 e. The van der Waals surface area contributed by atoms with E-state index >= 15 is 0 Å². The Hall–Kier alpha value is -1.96. The van der Waals surface area contributed by atoms with Crippen LogP contribution in [0.15, 0.2) is 22.8 Å². The van der Waals surface area contributed by atoms with Crippen LogP contribution in [0.4, 0.5) is 4.79 Å². The molecule has 25 heavy (non-hydrogen) atoms. The highest BCUT2D eigenvalue weighted by molar-refractivity contribution is 9.10. The maximum atomic E-state index is 12.1. The van der Waals surface area contributed by atoms with Crippen LogP contribution in [-0.4, -0.2) is 52.9 Å². The Balaban J connectivity index is 2.55. The lowest BCUT2D eigenvalue weighted by Gasteiger charge is -2.26. The number of Topliss-reactive ketones (excluding diaryl/α,β-unsaturated/α-hetero) is 1. The Morgan fingerprint density at radius 2 is 1.96 bits per heavy atom. The van der Waals surface area contributed by atoms with E-state index in [-0.39, 0.29) is 24.6 Å². The SMILES string of the molecule is CCCN(CC(=O)NCC(=O)c1ccc(Br)cn1)C(=O)OC(C)(C)C. The molecule has 2 amide bonds. The van der Waals surface area contributed by atoms with Crippen molar-refractivity contribution in [3.63, 3.8) is 0 Å². The van der Waals surface area contributed by atoms with Gasteiger partial charge >= 0.3 is 6.09 Å². The van der Waals surface area contributed by atoms with E-state index < -0.39 is 17.6 Å². The first kappa shape index (κ1) is 21.1. The molecular formula is C17H24BrN3O4. The average molecular weight is 414 g/mol. The van der Waals surface area contributed by atoms with Gasteiger partial charge in [0.2, 0.25) is 5.91 Å². The second-order valence-electron chi connectivity index (χ2n) is 6.46. The van der Waals surface area contributed by atoms with E-state index in [0.717, 1.165) is 4.47 Å². The van der Waals surface area contributed by atoms with Crippen LogP contribution in [0.2, 0.25) is 0 Å². The van der Waals surface area contributed by atoms with Gasteiger partial charge in [0.1, 0.15) is 17.8 Å². The van der Waals surface area contributed by atoms with Gasteiger partial charge in [0, 0.05) is 17.2 Å². The standard InChI is InChI=1S/C17H24BrN3O4/c1-5-8-21(16(24)25-17(2,3)4)11-15(23)20-10-14(22)13-7-6-12(18)9-19-13/h6-7,9H,5,8,10-11H2,1-4H3,(H,20,23). The van der Waals surface area contributed by atoms with Gasteiger partial charge in [-0.05, 0) is 55.3 Å². The van der Waals surface area contributed by atoms with Crippen LogP contribution in [0.3, 0.4) is 0 Å². The summed E-state index contributed by atoms with van der Waals surface area (Å²) in [5, 5.41) is 2.51. The third-order valence-electron chi connectivity index (χ3n) is 2.94. The Kier molecular flexibility index (Phi) is 8.02. The van der Waals surface area contributed by atoms with Gasteiger partial charge in [-0.3, -0.25) is 19.5 Å². The van der Waals surface area contributed by atoms with Gasteiger partial charge in [0.05, 0.1) is 6.54 Å². The molecule has 7 nitrogen and oxygen atoms in total. The summed E-state index contributed by atoms with van der Waals surface area (Å²) in [6.45, 7) is 7.24. The highest BCUT2D eigenvalue weighted by Gasteiger charge is 2.23. The number of carbonyl (C=O) groups excluding carboxylic acids is 3. The zero-order valence-corrected chi connectivity index (χ0v) is 16.6. The molecule has 0 aliphatic rings. The first-order chi connectivity index (χ1) is 11.6. The zero-order chi connectivity index (χ0) is 19.0. The van der Waals surface area contributed by atoms with Gasteiger partial charge in [0.15, 0.2) is 5.78 Å².